The van der Waals surface area contributed by atoms with E-state index in [1.165, 1.54) is 0 Å². The average molecular weight is 317 g/mol. The first-order valence-corrected chi connectivity index (χ1v) is 6.42. The molecule has 3 rings (SSSR count). The SMILES string of the molecule is O=C(O)c1ccc2c(-c3cccc(Br)c3)n[nH]c2c1. The van der Waals surface area contributed by atoms with Crippen LogP contribution in [-0.2, 0) is 0 Å². The number of nitrogens with one attached hydrogen (secondary N) is 1. The maximum Gasteiger partial charge on any atom is 0.335 e. The van der Waals surface area contributed by atoms with Gasteiger partial charge in [0.25, 0.3) is 0 Å². The van der Waals surface area contributed by atoms with Crippen molar-refractivity contribution in [3.05, 3.63) is 52.5 Å². The molecule has 0 saturated carbocycles. The van der Waals surface area contributed by atoms with E-state index in [4.69, 9.17) is 5.11 Å². The van der Waals surface area contributed by atoms with Crippen LogP contribution in [0.3, 0.4) is 0 Å². The number of carboxylic acid groups (broad SMARTS) is 1. The van der Waals surface area contributed by atoms with Crippen molar-refractivity contribution >= 4 is 32.8 Å². The van der Waals surface area contributed by atoms with E-state index < -0.39 is 5.97 Å². The number of H-pyrrole nitrogens is 1. The molecule has 0 fully saturated rings. The number of hydrogen-bond donors (Lipinski definition) is 2. The van der Waals surface area contributed by atoms with Gasteiger partial charge in [0.1, 0.15) is 0 Å². The van der Waals surface area contributed by atoms with E-state index in [-0.39, 0.29) is 5.56 Å². The minimum atomic E-state index is -0.944. The lowest BCUT2D eigenvalue weighted by atomic mass is 10.1. The molecule has 3 aromatic rings. The van der Waals surface area contributed by atoms with Crippen molar-refractivity contribution in [2.45, 2.75) is 0 Å². The molecule has 0 radical (unpaired) electrons. The van der Waals surface area contributed by atoms with Crippen LogP contribution >= 0.6 is 15.9 Å². The maximum atomic E-state index is 10.9. The van der Waals surface area contributed by atoms with Gasteiger partial charge in [-0.05, 0) is 30.3 Å². The van der Waals surface area contributed by atoms with Crippen molar-refractivity contribution in [1.82, 2.24) is 10.2 Å². The smallest absolute Gasteiger partial charge is 0.335 e. The molecule has 0 bridgehead atoms. The number of aromatic nitrogens is 2. The molecule has 0 aliphatic rings. The second-order valence-electron chi connectivity index (χ2n) is 4.15. The van der Waals surface area contributed by atoms with Crippen LogP contribution in [0.4, 0.5) is 0 Å². The number of aromatic carboxylic acids is 1. The molecule has 0 amide bonds. The molecule has 0 spiro atoms. The third-order valence-electron chi connectivity index (χ3n) is 2.91. The van der Waals surface area contributed by atoms with Crippen molar-refractivity contribution in [3.8, 4) is 11.3 Å². The summed E-state index contributed by atoms with van der Waals surface area (Å²) in [6, 6.07) is 12.8. The van der Waals surface area contributed by atoms with E-state index in [9.17, 15) is 4.79 Å². The number of benzene rings is 2. The zero-order valence-electron chi connectivity index (χ0n) is 9.72. The summed E-state index contributed by atoms with van der Waals surface area (Å²) in [4.78, 5) is 10.9. The molecule has 2 aromatic carbocycles. The second-order valence-corrected chi connectivity index (χ2v) is 5.06. The highest BCUT2D eigenvalue weighted by atomic mass is 79.9. The Kier molecular flexibility index (Phi) is 2.83. The number of aromatic amines is 1. The van der Waals surface area contributed by atoms with Crippen molar-refractivity contribution in [3.63, 3.8) is 0 Å². The lowest BCUT2D eigenvalue weighted by molar-refractivity contribution is 0.0697. The minimum absolute atomic E-state index is 0.247. The summed E-state index contributed by atoms with van der Waals surface area (Å²) in [6.45, 7) is 0. The van der Waals surface area contributed by atoms with Crippen LogP contribution in [0.1, 0.15) is 10.4 Å². The Balaban J connectivity index is 2.18. The van der Waals surface area contributed by atoms with Crippen molar-refractivity contribution < 1.29 is 9.90 Å². The van der Waals surface area contributed by atoms with Gasteiger partial charge in [0.15, 0.2) is 0 Å². The van der Waals surface area contributed by atoms with Crippen LogP contribution < -0.4 is 0 Å². The largest absolute Gasteiger partial charge is 0.478 e. The van der Waals surface area contributed by atoms with Crippen LogP contribution in [0.5, 0.6) is 0 Å². The first-order valence-electron chi connectivity index (χ1n) is 5.62. The third-order valence-corrected chi connectivity index (χ3v) is 3.40. The van der Waals surface area contributed by atoms with Crippen molar-refractivity contribution in [2.75, 3.05) is 0 Å². The van der Waals surface area contributed by atoms with Crippen LogP contribution in [0, 0.1) is 0 Å². The number of nitrogens with zero attached hydrogens (tertiary/aromatic N) is 1. The lowest BCUT2D eigenvalue weighted by Crippen LogP contribution is -1.94. The van der Waals surface area contributed by atoms with Crippen molar-refractivity contribution in [2.24, 2.45) is 0 Å². The number of halogens is 1. The van der Waals surface area contributed by atoms with Crippen LogP contribution in [0.15, 0.2) is 46.9 Å². The standard InChI is InChI=1S/C14H9BrN2O2/c15-10-3-1-2-8(6-10)13-11-5-4-9(14(18)19)7-12(11)16-17-13/h1-7H,(H,16,17)(H,18,19). The predicted molar refractivity (Wildman–Crippen MR) is 76.2 cm³/mol. The molecule has 1 heterocycles. The van der Waals surface area contributed by atoms with Gasteiger partial charge in [-0.1, -0.05) is 28.1 Å². The van der Waals surface area contributed by atoms with Gasteiger partial charge in [-0.3, -0.25) is 5.10 Å². The molecule has 0 aliphatic heterocycles. The fourth-order valence-electron chi connectivity index (χ4n) is 2.01. The van der Waals surface area contributed by atoms with E-state index in [1.807, 2.05) is 24.3 Å². The Bertz CT molecular complexity index is 780. The van der Waals surface area contributed by atoms with Gasteiger partial charge >= 0.3 is 5.97 Å². The highest BCUT2D eigenvalue weighted by molar-refractivity contribution is 9.10. The fraction of sp³-hybridized carbons (Fsp3) is 0. The van der Waals surface area contributed by atoms with E-state index >= 15 is 0 Å². The number of rotatable bonds is 2. The molecule has 5 heteroatoms. The van der Waals surface area contributed by atoms with Gasteiger partial charge in [0.2, 0.25) is 0 Å². The normalized spacial score (nSPS) is 10.8. The monoisotopic (exact) mass is 316 g/mol. The van der Waals surface area contributed by atoms with Gasteiger partial charge in [0, 0.05) is 15.4 Å². The highest BCUT2D eigenvalue weighted by Gasteiger charge is 2.11. The molecule has 0 unspecified atom stereocenters. The molecule has 2 N–H and O–H groups in total. The summed E-state index contributed by atoms with van der Waals surface area (Å²) in [6.07, 6.45) is 0. The summed E-state index contributed by atoms with van der Waals surface area (Å²) >= 11 is 3.43. The Morgan fingerprint density at radius 1 is 1.21 bits per heavy atom. The minimum Gasteiger partial charge on any atom is -0.478 e. The van der Waals surface area contributed by atoms with Crippen LogP contribution in [0.2, 0.25) is 0 Å². The Morgan fingerprint density at radius 2 is 2.05 bits per heavy atom. The Labute approximate surface area is 117 Å². The molecule has 1 aromatic heterocycles. The lowest BCUT2D eigenvalue weighted by Gasteiger charge is -1.99. The number of fused-ring (bicyclic) bond motifs is 1. The summed E-state index contributed by atoms with van der Waals surface area (Å²) < 4.78 is 0.975. The summed E-state index contributed by atoms with van der Waals surface area (Å²) in [5, 5.41) is 17.0. The molecule has 0 atom stereocenters. The van der Waals surface area contributed by atoms with Gasteiger partial charge in [-0.15, -0.1) is 0 Å². The quantitative estimate of drug-likeness (QED) is 0.757. The first kappa shape index (κ1) is 11.9. The molecule has 94 valence electrons. The van der Waals surface area contributed by atoms with Gasteiger partial charge in [-0.2, -0.15) is 5.10 Å². The molecule has 0 saturated heterocycles. The fourth-order valence-corrected chi connectivity index (χ4v) is 2.41. The molecule has 4 nitrogen and oxygen atoms in total. The van der Waals surface area contributed by atoms with Crippen LogP contribution in [0.25, 0.3) is 22.2 Å². The van der Waals surface area contributed by atoms with E-state index in [1.54, 1.807) is 18.2 Å². The van der Waals surface area contributed by atoms with Gasteiger partial charge in [-0.25, -0.2) is 4.79 Å². The van der Waals surface area contributed by atoms with Gasteiger partial charge < -0.3 is 5.11 Å². The van der Waals surface area contributed by atoms with Crippen LogP contribution in [-0.4, -0.2) is 21.3 Å². The Morgan fingerprint density at radius 3 is 2.79 bits per heavy atom. The zero-order chi connectivity index (χ0) is 13.4. The first-order chi connectivity index (χ1) is 9.15. The summed E-state index contributed by atoms with van der Waals surface area (Å²) in [5.74, 6) is -0.944. The van der Waals surface area contributed by atoms with E-state index in [0.29, 0.717) is 0 Å². The van der Waals surface area contributed by atoms with Gasteiger partial charge in [0.05, 0.1) is 16.8 Å². The summed E-state index contributed by atoms with van der Waals surface area (Å²) in [5.41, 5.74) is 2.75. The second kappa shape index (κ2) is 4.51. The summed E-state index contributed by atoms with van der Waals surface area (Å²) in [7, 11) is 0. The number of carboxylic acids is 1. The van der Waals surface area contributed by atoms with E-state index in [0.717, 1.165) is 26.6 Å². The molecular formula is C14H9BrN2O2. The topological polar surface area (TPSA) is 66.0 Å². The molecule has 19 heavy (non-hydrogen) atoms. The number of carbonyl (C=O) groups is 1. The zero-order valence-corrected chi connectivity index (χ0v) is 11.3. The average Bonchev–Trinajstić information content (AvgIpc) is 2.81. The molecule has 0 aliphatic carbocycles. The maximum absolute atomic E-state index is 10.9. The Hall–Kier alpha value is -2.14. The number of hydrogen-bond acceptors (Lipinski definition) is 2. The van der Waals surface area contributed by atoms with E-state index in [2.05, 4.69) is 26.1 Å². The predicted octanol–water partition coefficient (Wildman–Crippen LogP) is 3.69. The van der Waals surface area contributed by atoms with Crippen molar-refractivity contribution in [1.29, 1.82) is 0 Å². The molecular weight excluding hydrogens is 308 g/mol. The third kappa shape index (κ3) is 2.13. The highest BCUT2D eigenvalue weighted by Crippen LogP contribution is 2.28.